The zero-order valence-electron chi connectivity index (χ0n) is 13.9. The second-order valence-electron chi connectivity index (χ2n) is 5.45. The molecular weight excluding hydrogens is 374 g/mol. The van der Waals surface area contributed by atoms with E-state index in [0.29, 0.717) is 34.6 Å². The molecule has 2 aromatic carbocycles. The lowest BCUT2D eigenvalue weighted by Crippen LogP contribution is -2.10. The number of carboxylic acids is 1. The molecule has 1 heterocycles. The van der Waals surface area contributed by atoms with Gasteiger partial charge in [-0.1, -0.05) is 29.8 Å². The summed E-state index contributed by atoms with van der Waals surface area (Å²) in [6, 6.07) is 12.9. The molecule has 0 saturated heterocycles. The van der Waals surface area contributed by atoms with Gasteiger partial charge in [0.25, 0.3) is 0 Å². The highest BCUT2D eigenvalue weighted by Gasteiger charge is 2.14. The van der Waals surface area contributed by atoms with Crippen molar-refractivity contribution in [3.05, 3.63) is 64.1 Å². The SMILES string of the molecule is Cc1ccccc1OCCOc1ccc(Cl)cc1-c1nc(C(=O)O)cs1. The Labute approximate surface area is 159 Å². The van der Waals surface area contributed by atoms with Gasteiger partial charge < -0.3 is 14.6 Å². The molecule has 0 aliphatic carbocycles. The number of benzene rings is 2. The Morgan fingerprint density at radius 3 is 2.58 bits per heavy atom. The molecule has 0 amide bonds. The smallest absolute Gasteiger partial charge is 0.355 e. The fraction of sp³-hybridized carbons (Fsp3) is 0.158. The number of nitrogens with zero attached hydrogens (tertiary/aromatic N) is 1. The molecule has 7 heteroatoms. The number of hydrogen-bond acceptors (Lipinski definition) is 5. The molecule has 1 N–H and O–H groups in total. The third kappa shape index (κ3) is 4.33. The fourth-order valence-corrected chi connectivity index (χ4v) is 3.30. The third-order valence-corrected chi connectivity index (χ3v) is 4.70. The summed E-state index contributed by atoms with van der Waals surface area (Å²) in [5.74, 6) is 0.330. The van der Waals surface area contributed by atoms with Gasteiger partial charge >= 0.3 is 5.97 Å². The van der Waals surface area contributed by atoms with Crippen molar-refractivity contribution < 1.29 is 19.4 Å². The maximum Gasteiger partial charge on any atom is 0.355 e. The average molecular weight is 390 g/mol. The maximum atomic E-state index is 11.0. The van der Waals surface area contributed by atoms with Crippen molar-refractivity contribution in [2.75, 3.05) is 13.2 Å². The molecule has 0 bridgehead atoms. The minimum atomic E-state index is -1.07. The predicted octanol–water partition coefficient (Wildman–Crippen LogP) is 4.93. The monoisotopic (exact) mass is 389 g/mol. The number of aryl methyl sites for hydroxylation is 1. The van der Waals surface area contributed by atoms with Gasteiger partial charge in [0.2, 0.25) is 0 Å². The summed E-state index contributed by atoms with van der Waals surface area (Å²) in [6.45, 7) is 2.70. The molecule has 0 spiro atoms. The van der Waals surface area contributed by atoms with Gasteiger partial charge in [-0.25, -0.2) is 9.78 Å². The van der Waals surface area contributed by atoms with Gasteiger partial charge in [0, 0.05) is 10.4 Å². The lowest BCUT2D eigenvalue weighted by molar-refractivity contribution is 0.0691. The number of rotatable bonds is 7. The number of thiazole rings is 1. The molecule has 0 saturated carbocycles. The molecule has 3 rings (SSSR count). The molecular formula is C19H16ClNO4S. The van der Waals surface area contributed by atoms with Crippen LogP contribution in [0.4, 0.5) is 0 Å². The standard InChI is InChI=1S/C19H16ClNO4S/c1-12-4-2-3-5-16(12)24-8-9-25-17-7-6-13(20)10-14(17)18-21-15(11-26-18)19(22)23/h2-7,10-11H,8-9H2,1H3,(H,22,23). The van der Waals surface area contributed by atoms with Crippen molar-refractivity contribution >= 4 is 28.9 Å². The highest BCUT2D eigenvalue weighted by Crippen LogP contribution is 2.34. The first kappa shape index (κ1) is 18.2. The molecule has 26 heavy (non-hydrogen) atoms. The van der Waals surface area contributed by atoms with E-state index in [2.05, 4.69) is 4.98 Å². The van der Waals surface area contributed by atoms with E-state index in [9.17, 15) is 4.79 Å². The van der Waals surface area contributed by atoms with Crippen molar-refractivity contribution in [1.29, 1.82) is 0 Å². The number of halogens is 1. The molecule has 5 nitrogen and oxygen atoms in total. The first-order valence-electron chi connectivity index (χ1n) is 7.84. The van der Waals surface area contributed by atoms with Crippen molar-refractivity contribution in [1.82, 2.24) is 4.98 Å². The normalized spacial score (nSPS) is 10.5. The first-order valence-corrected chi connectivity index (χ1v) is 9.10. The Morgan fingerprint density at radius 1 is 1.15 bits per heavy atom. The van der Waals surface area contributed by atoms with Crippen LogP contribution in [-0.2, 0) is 0 Å². The number of aromatic carboxylic acids is 1. The zero-order chi connectivity index (χ0) is 18.5. The fourth-order valence-electron chi connectivity index (χ4n) is 2.31. The molecule has 0 aliphatic rings. The third-order valence-electron chi connectivity index (χ3n) is 3.59. The van der Waals surface area contributed by atoms with Gasteiger partial charge in [-0.2, -0.15) is 0 Å². The van der Waals surface area contributed by atoms with Crippen LogP contribution in [0.3, 0.4) is 0 Å². The van der Waals surface area contributed by atoms with Crippen LogP contribution < -0.4 is 9.47 Å². The zero-order valence-corrected chi connectivity index (χ0v) is 15.5. The second kappa shape index (κ2) is 8.21. The van der Waals surface area contributed by atoms with Gasteiger partial charge in [-0.3, -0.25) is 0 Å². The minimum Gasteiger partial charge on any atom is -0.490 e. The first-order chi connectivity index (χ1) is 12.5. The molecule has 0 radical (unpaired) electrons. The summed E-state index contributed by atoms with van der Waals surface area (Å²) in [6.07, 6.45) is 0. The highest BCUT2D eigenvalue weighted by molar-refractivity contribution is 7.13. The number of ether oxygens (including phenoxy) is 2. The molecule has 0 fully saturated rings. The molecule has 0 aliphatic heterocycles. The number of aromatic nitrogens is 1. The van der Waals surface area contributed by atoms with Gasteiger partial charge in [-0.05, 0) is 36.8 Å². The molecule has 0 unspecified atom stereocenters. The number of carbonyl (C=O) groups is 1. The van der Waals surface area contributed by atoms with Crippen LogP contribution in [0, 0.1) is 6.92 Å². The van der Waals surface area contributed by atoms with Crippen LogP contribution in [0.25, 0.3) is 10.6 Å². The van der Waals surface area contributed by atoms with E-state index in [1.54, 1.807) is 18.2 Å². The van der Waals surface area contributed by atoms with Gasteiger partial charge in [0.1, 0.15) is 29.7 Å². The van der Waals surface area contributed by atoms with Crippen LogP contribution in [-0.4, -0.2) is 29.3 Å². The van der Waals surface area contributed by atoms with Gasteiger partial charge in [-0.15, -0.1) is 11.3 Å². The highest BCUT2D eigenvalue weighted by atomic mass is 35.5. The summed E-state index contributed by atoms with van der Waals surface area (Å²) in [5, 5.41) is 11.6. The quantitative estimate of drug-likeness (QED) is 0.580. The Morgan fingerprint density at radius 2 is 1.88 bits per heavy atom. The maximum absolute atomic E-state index is 11.0. The molecule has 134 valence electrons. The minimum absolute atomic E-state index is 0.00110. The average Bonchev–Trinajstić information content (AvgIpc) is 3.11. The van der Waals surface area contributed by atoms with E-state index in [-0.39, 0.29) is 5.69 Å². The van der Waals surface area contributed by atoms with Crippen LogP contribution in [0.2, 0.25) is 5.02 Å². The lowest BCUT2D eigenvalue weighted by Gasteiger charge is -2.12. The largest absolute Gasteiger partial charge is 0.490 e. The van der Waals surface area contributed by atoms with Crippen molar-refractivity contribution in [2.45, 2.75) is 6.92 Å². The summed E-state index contributed by atoms with van der Waals surface area (Å²) in [4.78, 5) is 15.2. The molecule has 1 aromatic heterocycles. The summed E-state index contributed by atoms with van der Waals surface area (Å²) in [7, 11) is 0. The summed E-state index contributed by atoms with van der Waals surface area (Å²) < 4.78 is 11.5. The number of carboxylic acid groups (broad SMARTS) is 1. The van der Waals surface area contributed by atoms with Crippen LogP contribution >= 0.6 is 22.9 Å². The number of para-hydroxylation sites is 1. The van der Waals surface area contributed by atoms with Crippen LogP contribution in [0.1, 0.15) is 16.1 Å². The topological polar surface area (TPSA) is 68.7 Å². The Kier molecular flexibility index (Phi) is 5.75. The Balaban J connectivity index is 1.69. The summed E-state index contributed by atoms with van der Waals surface area (Å²) in [5.41, 5.74) is 1.72. The summed E-state index contributed by atoms with van der Waals surface area (Å²) >= 11 is 7.31. The van der Waals surface area contributed by atoms with E-state index in [0.717, 1.165) is 11.3 Å². The predicted molar refractivity (Wildman–Crippen MR) is 102 cm³/mol. The number of hydrogen-bond donors (Lipinski definition) is 1. The lowest BCUT2D eigenvalue weighted by atomic mass is 10.2. The van der Waals surface area contributed by atoms with Gasteiger partial charge in [0.05, 0.1) is 5.56 Å². The van der Waals surface area contributed by atoms with E-state index in [1.165, 1.54) is 16.7 Å². The molecule has 3 aromatic rings. The van der Waals surface area contributed by atoms with E-state index >= 15 is 0 Å². The van der Waals surface area contributed by atoms with Crippen molar-refractivity contribution in [2.24, 2.45) is 0 Å². The Hall–Kier alpha value is -2.57. The Bertz CT molecular complexity index is 925. The van der Waals surface area contributed by atoms with E-state index in [1.807, 2.05) is 31.2 Å². The van der Waals surface area contributed by atoms with E-state index < -0.39 is 5.97 Å². The van der Waals surface area contributed by atoms with Crippen molar-refractivity contribution in [3.63, 3.8) is 0 Å². The van der Waals surface area contributed by atoms with Crippen molar-refractivity contribution in [3.8, 4) is 22.1 Å². The van der Waals surface area contributed by atoms with Gasteiger partial charge in [0.15, 0.2) is 5.69 Å². The molecule has 0 atom stereocenters. The van der Waals surface area contributed by atoms with E-state index in [4.69, 9.17) is 26.2 Å². The second-order valence-corrected chi connectivity index (χ2v) is 6.74. The van der Waals surface area contributed by atoms with Crippen LogP contribution in [0.5, 0.6) is 11.5 Å². The van der Waals surface area contributed by atoms with Crippen LogP contribution in [0.15, 0.2) is 47.8 Å².